The fourth-order valence-electron chi connectivity index (χ4n) is 5.51. The minimum Gasteiger partial charge on any atom is -0.494 e. The van der Waals surface area contributed by atoms with Gasteiger partial charge in [0.1, 0.15) is 23.9 Å². The Morgan fingerprint density at radius 2 is 1.52 bits per heavy atom. The number of nitrogen functional groups attached to an aromatic ring is 1. The average molecular weight is 604 g/mol. The summed E-state index contributed by atoms with van der Waals surface area (Å²) >= 11 is 0. The largest absolute Gasteiger partial charge is 0.494 e. The van der Waals surface area contributed by atoms with E-state index < -0.39 is 11.9 Å². The van der Waals surface area contributed by atoms with Crippen LogP contribution >= 0.6 is 0 Å². The van der Waals surface area contributed by atoms with Gasteiger partial charge in [-0.1, -0.05) is 74.7 Å². The summed E-state index contributed by atoms with van der Waals surface area (Å²) in [5.41, 5.74) is 9.42. The van der Waals surface area contributed by atoms with Crippen molar-refractivity contribution < 1.29 is 29.6 Å². The molecule has 44 heavy (non-hydrogen) atoms. The Morgan fingerprint density at radius 3 is 2.14 bits per heavy atom. The maximum absolute atomic E-state index is 13.2. The molecule has 0 radical (unpaired) electrons. The molecule has 3 aromatic rings. The van der Waals surface area contributed by atoms with Crippen molar-refractivity contribution in [2.45, 2.75) is 64.3 Å². The summed E-state index contributed by atoms with van der Waals surface area (Å²) in [7, 11) is 0. The Kier molecular flexibility index (Phi) is 13.2. The van der Waals surface area contributed by atoms with Gasteiger partial charge < -0.3 is 30.7 Å². The summed E-state index contributed by atoms with van der Waals surface area (Å²) in [5, 5.41) is 16.9. The Bertz CT molecular complexity index is 1340. The number of benzene rings is 3. The van der Waals surface area contributed by atoms with Crippen LogP contribution in [0.5, 0.6) is 11.5 Å². The van der Waals surface area contributed by atoms with Gasteiger partial charge in [-0.2, -0.15) is 0 Å². The van der Waals surface area contributed by atoms with Crippen LogP contribution in [-0.4, -0.2) is 59.0 Å². The SMILES string of the molecule is CCCCCCOc1ccc(CCCN2C(=O)[C@H](CC(=O)O)C[C@H]2COc2ccc(-c3ccc(C(=N)N)cc3)cc2)cc1.O. The molecule has 1 saturated heterocycles. The molecule has 4 rings (SSSR count). The van der Waals surface area contributed by atoms with E-state index in [1.807, 2.05) is 65.6 Å². The second-order valence-electron chi connectivity index (χ2n) is 11.2. The maximum atomic E-state index is 13.2. The molecule has 0 unspecified atom stereocenters. The lowest BCUT2D eigenvalue weighted by Crippen LogP contribution is -2.38. The minimum absolute atomic E-state index is 0. The number of unbranched alkanes of at least 4 members (excludes halogenated alkanes) is 3. The number of carboxylic acids is 1. The number of nitrogens with two attached hydrogens (primary N) is 1. The zero-order chi connectivity index (χ0) is 30.6. The van der Waals surface area contributed by atoms with E-state index >= 15 is 0 Å². The van der Waals surface area contributed by atoms with E-state index in [1.165, 1.54) is 24.8 Å². The van der Waals surface area contributed by atoms with Crippen LogP contribution in [0.25, 0.3) is 11.1 Å². The third-order valence-corrected chi connectivity index (χ3v) is 7.93. The Balaban J connectivity index is 0.00000529. The van der Waals surface area contributed by atoms with Gasteiger partial charge in [0.2, 0.25) is 5.91 Å². The van der Waals surface area contributed by atoms with Crippen molar-refractivity contribution >= 4 is 17.7 Å². The number of hydrogen-bond donors (Lipinski definition) is 3. The van der Waals surface area contributed by atoms with Crippen LogP contribution in [0.15, 0.2) is 72.8 Å². The first-order valence-electron chi connectivity index (χ1n) is 15.3. The van der Waals surface area contributed by atoms with Gasteiger partial charge in [0.15, 0.2) is 0 Å². The van der Waals surface area contributed by atoms with Crippen molar-refractivity contribution in [1.29, 1.82) is 5.41 Å². The van der Waals surface area contributed by atoms with Gasteiger partial charge >= 0.3 is 5.97 Å². The number of likely N-dealkylation sites (tertiary alicyclic amines) is 1. The number of aliphatic carboxylic acids is 1. The summed E-state index contributed by atoms with van der Waals surface area (Å²) in [5.74, 6) is 0.00761. The van der Waals surface area contributed by atoms with Gasteiger partial charge in [-0.3, -0.25) is 15.0 Å². The molecule has 9 nitrogen and oxygen atoms in total. The number of carboxylic acid groups (broad SMARTS) is 1. The van der Waals surface area contributed by atoms with Crippen LogP contribution in [0.2, 0.25) is 0 Å². The van der Waals surface area contributed by atoms with Crippen LogP contribution in [0.1, 0.15) is 63.0 Å². The molecule has 2 atom stereocenters. The lowest BCUT2D eigenvalue weighted by atomic mass is 10.0. The molecule has 1 aliphatic rings. The molecular weight excluding hydrogens is 558 g/mol. The molecule has 9 heteroatoms. The van der Waals surface area contributed by atoms with E-state index in [1.54, 1.807) is 0 Å². The standard InChI is InChI=1S/C35H43N3O5.H2O/c1-2-3-4-5-21-42-31-16-8-25(9-17-31)7-6-20-38-30(22-29(35(38)41)23-33(39)40)24-43-32-18-14-27(15-19-32)26-10-12-28(13-11-26)34(36)37;/h8-19,29-30H,2-7,20-24H2,1H3,(H3,36,37)(H,39,40);1H2/t29-,30-;/m0./s1. The molecule has 1 fully saturated rings. The molecule has 0 aromatic heterocycles. The molecule has 1 aliphatic heterocycles. The number of rotatable bonds is 17. The minimum atomic E-state index is -0.959. The highest BCUT2D eigenvalue weighted by molar-refractivity contribution is 5.95. The van der Waals surface area contributed by atoms with Crippen molar-refractivity contribution in [2.24, 2.45) is 11.7 Å². The zero-order valence-electron chi connectivity index (χ0n) is 25.5. The van der Waals surface area contributed by atoms with Crippen molar-refractivity contribution in [2.75, 3.05) is 19.8 Å². The Hall–Kier alpha value is -4.37. The molecule has 3 aromatic carbocycles. The van der Waals surface area contributed by atoms with Crippen LogP contribution in [0, 0.1) is 11.3 Å². The van der Waals surface area contributed by atoms with Gasteiger partial charge in [0.25, 0.3) is 0 Å². The van der Waals surface area contributed by atoms with Crippen molar-refractivity contribution in [3.63, 3.8) is 0 Å². The average Bonchev–Trinajstić information content (AvgIpc) is 3.30. The van der Waals surface area contributed by atoms with Gasteiger partial charge in [-0.25, -0.2) is 0 Å². The van der Waals surface area contributed by atoms with Gasteiger partial charge in [0.05, 0.1) is 25.0 Å². The third kappa shape index (κ3) is 9.84. The first-order valence-corrected chi connectivity index (χ1v) is 15.3. The van der Waals surface area contributed by atoms with Crippen LogP contribution in [0.3, 0.4) is 0 Å². The highest BCUT2D eigenvalue weighted by atomic mass is 16.5. The second-order valence-corrected chi connectivity index (χ2v) is 11.2. The fraction of sp³-hybridized carbons (Fsp3) is 0.400. The highest BCUT2D eigenvalue weighted by Crippen LogP contribution is 2.29. The lowest BCUT2D eigenvalue weighted by Gasteiger charge is -2.25. The predicted molar refractivity (Wildman–Crippen MR) is 172 cm³/mol. The molecule has 6 N–H and O–H groups in total. The first kappa shape index (κ1) is 34.1. The Morgan fingerprint density at radius 1 is 0.909 bits per heavy atom. The van der Waals surface area contributed by atoms with Crippen molar-refractivity contribution in [1.82, 2.24) is 4.90 Å². The van der Waals surface area contributed by atoms with Crippen LogP contribution in [-0.2, 0) is 16.0 Å². The first-order chi connectivity index (χ1) is 20.8. The number of hydrogen-bond acceptors (Lipinski definition) is 5. The number of ether oxygens (including phenoxy) is 2. The second kappa shape index (κ2) is 17.1. The molecular formula is C35H45N3O6. The molecule has 0 aliphatic carbocycles. The Labute approximate surface area is 259 Å². The lowest BCUT2D eigenvalue weighted by molar-refractivity contribution is -0.142. The number of amides is 1. The normalized spacial score (nSPS) is 15.9. The third-order valence-electron chi connectivity index (χ3n) is 7.93. The topological polar surface area (TPSA) is 157 Å². The van der Waals surface area contributed by atoms with Crippen LogP contribution < -0.4 is 15.2 Å². The van der Waals surface area contributed by atoms with E-state index in [-0.39, 0.29) is 29.7 Å². The molecule has 1 heterocycles. The van der Waals surface area contributed by atoms with Gasteiger partial charge in [-0.15, -0.1) is 0 Å². The molecule has 0 spiro atoms. The summed E-state index contributed by atoms with van der Waals surface area (Å²) in [4.78, 5) is 26.4. The zero-order valence-corrected chi connectivity index (χ0v) is 25.5. The number of nitrogens with zero attached hydrogens (tertiary/aromatic N) is 1. The quantitative estimate of drug-likeness (QED) is 0.105. The number of amidine groups is 1. The monoisotopic (exact) mass is 603 g/mol. The summed E-state index contributed by atoms with van der Waals surface area (Å²) in [6, 6.07) is 23.2. The summed E-state index contributed by atoms with van der Waals surface area (Å²) in [6.45, 7) is 3.78. The van der Waals surface area contributed by atoms with E-state index in [0.29, 0.717) is 30.9 Å². The van der Waals surface area contributed by atoms with Gasteiger partial charge in [-0.05, 0) is 66.6 Å². The molecule has 0 saturated carbocycles. The number of carbonyl (C=O) groups is 2. The van der Waals surface area contributed by atoms with E-state index in [0.717, 1.165) is 42.7 Å². The summed E-state index contributed by atoms with van der Waals surface area (Å²) in [6.07, 6.45) is 6.59. The predicted octanol–water partition coefficient (Wildman–Crippen LogP) is 5.48. The fourth-order valence-corrected chi connectivity index (χ4v) is 5.51. The maximum Gasteiger partial charge on any atom is 0.304 e. The van der Waals surface area contributed by atoms with E-state index in [2.05, 4.69) is 19.1 Å². The van der Waals surface area contributed by atoms with E-state index in [4.69, 9.17) is 20.6 Å². The number of aryl methyl sites for hydroxylation is 1. The highest BCUT2D eigenvalue weighted by Gasteiger charge is 2.40. The molecule has 236 valence electrons. The molecule has 0 bridgehead atoms. The molecule has 1 amide bonds. The van der Waals surface area contributed by atoms with Crippen molar-refractivity contribution in [3.8, 4) is 22.6 Å². The van der Waals surface area contributed by atoms with Crippen LogP contribution in [0.4, 0.5) is 0 Å². The van der Waals surface area contributed by atoms with E-state index in [9.17, 15) is 14.7 Å². The number of carbonyl (C=O) groups excluding carboxylic acids is 1. The smallest absolute Gasteiger partial charge is 0.304 e. The number of nitrogens with one attached hydrogen (secondary N) is 1. The van der Waals surface area contributed by atoms with Gasteiger partial charge in [0, 0.05) is 12.1 Å². The van der Waals surface area contributed by atoms with Crippen molar-refractivity contribution in [3.05, 3.63) is 83.9 Å². The summed E-state index contributed by atoms with van der Waals surface area (Å²) < 4.78 is 11.9.